The van der Waals surface area contributed by atoms with E-state index in [1.165, 1.54) is 0 Å². The molecule has 0 spiro atoms. The van der Waals surface area contributed by atoms with Crippen LogP contribution in [0, 0.1) is 0 Å². The van der Waals surface area contributed by atoms with Gasteiger partial charge >= 0.3 is 0 Å². The number of piperazine rings is 1. The molecule has 35 heavy (non-hydrogen) atoms. The number of benzene rings is 1. The van der Waals surface area contributed by atoms with Gasteiger partial charge in [-0.2, -0.15) is 10.2 Å². The number of hydrogen-bond acceptors (Lipinski definition) is 6. The van der Waals surface area contributed by atoms with Crippen LogP contribution in [0.25, 0.3) is 33.6 Å². The Kier molecular flexibility index (Phi) is 6.17. The first-order valence-corrected chi connectivity index (χ1v) is 11.8. The first kappa shape index (κ1) is 22.9. The summed E-state index contributed by atoms with van der Waals surface area (Å²) < 4.78 is 3.48. The minimum absolute atomic E-state index is 0.0900. The van der Waals surface area contributed by atoms with Crippen LogP contribution in [0.1, 0.15) is 13.8 Å². The van der Waals surface area contributed by atoms with Crippen molar-refractivity contribution in [3.05, 3.63) is 61.4 Å². The molecule has 1 saturated heterocycles. The molecule has 1 aliphatic heterocycles. The van der Waals surface area contributed by atoms with Gasteiger partial charge in [0.05, 0.1) is 12.4 Å². The van der Waals surface area contributed by atoms with E-state index in [1.54, 1.807) is 28.0 Å². The highest BCUT2D eigenvalue weighted by Gasteiger charge is 2.30. The second-order valence-electron chi connectivity index (χ2n) is 9.39. The molecular formula is C26H30N8O. The van der Waals surface area contributed by atoms with Gasteiger partial charge in [-0.05, 0) is 32.5 Å². The van der Waals surface area contributed by atoms with Crippen molar-refractivity contribution in [1.29, 1.82) is 0 Å². The van der Waals surface area contributed by atoms with Gasteiger partial charge in [-0.3, -0.25) is 19.1 Å². The summed E-state index contributed by atoms with van der Waals surface area (Å²) in [5, 5.41) is 8.66. The van der Waals surface area contributed by atoms with Crippen molar-refractivity contribution in [1.82, 2.24) is 39.3 Å². The predicted molar refractivity (Wildman–Crippen MR) is 134 cm³/mol. The highest BCUT2D eigenvalue weighted by atomic mass is 16.2. The third kappa shape index (κ3) is 4.85. The number of likely N-dealkylation sites (N-methyl/N-ethyl adjacent to an activating group) is 1. The fourth-order valence-electron chi connectivity index (χ4n) is 4.51. The zero-order chi connectivity index (χ0) is 24.5. The van der Waals surface area contributed by atoms with Crippen molar-refractivity contribution in [2.45, 2.75) is 32.5 Å². The van der Waals surface area contributed by atoms with Gasteiger partial charge in [0.2, 0.25) is 5.91 Å². The molecule has 9 nitrogen and oxygen atoms in total. The summed E-state index contributed by atoms with van der Waals surface area (Å²) in [4.78, 5) is 26.3. The number of nitrogens with zero attached hydrogens (tertiary/aromatic N) is 8. The maximum Gasteiger partial charge on any atom is 0.244 e. The SMILES string of the molecule is C[C@@H]1CN(C)[C@@H](C)CN1C(=O)Cn1cc(-c2cnc(-c3cccc(-c4cnn(C)c4)c3)nc2)cn1. The monoisotopic (exact) mass is 470 g/mol. The quantitative estimate of drug-likeness (QED) is 0.446. The van der Waals surface area contributed by atoms with Crippen molar-refractivity contribution >= 4 is 5.91 Å². The van der Waals surface area contributed by atoms with Crippen LogP contribution >= 0.6 is 0 Å². The van der Waals surface area contributed by atoms with Crippen molar-refractivity contribution in [3.63, 3.8) is 0 Å². The van der Waals surface area contributed by atoms with Crippen LogP contribution in [0.2, 0.25) is 0 Å². The highest BCUT2D eigenvalue weighted by molar-refractivity contribution is 5.76. The zero-order valence-electron chi connectivity index (χ0n) is 20.5. The Hall–Kier alpha value is -3.85. The van der Waals surface area contributed by atoms with Gasteiger partial charge in [0.25, 0.3) is 0 Å². The van der Waals surface area contributed by atoms with E-state index in [9.17, 15) is 4.79 Å². The number of amides is 1. The van der Waals surface area contributed by atoms with E-state index < -0.39 is 0 Å². The molecule has 4 aromatic rings. The highest BCUT2D eigenvalue weighted by Crippen LogP contribution is 2.25. The number of carbonyl (C=O) groups excluding carboxylic acids is 1. The van der Waals surface area contributed by atoms with Crippen LogP contribution < -0.4 is 0 Å². The van der Waals surface area contributed by atoms with E-state index in [0.29, 0.717) is 11.9 Å². The Morgan fingerprint density at radius 3 is 2.31 bits per heavy atom. The molecule has 4 heterocycles. The number of aromatic nitrogens is 6. The molecule has 1 aromatic carbocycles. The normalized spacial score (nSPS) is 18.7. The summed E-state index contributed by atoms with van der Waals surface area (Å²) in [7, 11) is 4.01. The molecule has 5 rings (SSSR count). The zero-order valence-corrected chi connectivity index (χ0v) is 20.5. The number of rotatable bonds is 5. The van der Waals surface area contributed by atoms with E-state index >= 15 is 0 Å². The Bertz CT molecular complexity index is 1330. The maximum atomic E-state index is 12.9. The Balaban J connectivity index is 1.28. The molecular weight excluding hydrogens is 440 g/mol. The van der Waals surface area contributed by atoms with Gasteiger partial charge in [0.1, 0.15) is 6.54 Å². The second kappa shape index (κ2) is 9.42. The van der Waals surface area contributed by atoms with E-state index in [-0.39, 0.29) is 18.5 Å². The lowest BCUT2D eigenvalue weighted by Gasteiger charge is -2.42. The smallest absolute Gasteiger partial charge is 0.244 e. The fourth-order valence-corrected chi connectivity index (χ4v) is 4.51. The van der Waals surface area contributed by atoms with Gasteiger partial charge in [0.15, 0.2) is 5.82 Å². The summed E-state index contributed by atoms with van der Waals surface area (Å²) >= 11 is 0. The van der Waals surface area contributed by atoms with E-state index in [2.05, 4.69) is 52.0 Å². The lowest BCUT2D eigenvalue weighted by Crippen LogP contribution is -2.57. The van der Waals surface area contributed by atoms with Crippen LogP contribution in [0.15, 0.2) is 61.4 Å². The van der Waals surface area contributed by atoms with Crippen molar-refractivity contribution < 1.29 is 4.79 Å². The van der Waals surface area contributed by atoms with Gasteiger partial charge in [-0.15, -0.1) is 0 Å². The minimum atomic E-state index is 0.0900. The summed E-state index contributed by atoms with van der Waals surface area (Å²) in [6.07, 6.45) is 11.1. The summed E-state index contributed by atoms with van der Waals surface area (Å²) in [6, 6.07) is 8.65. The summed E-state index contributed by atoms with van der Waals surface area (Å²) in [5.41, 5.74) is 4.80. The standard InChI is InChI=1S/C26H30N8O/c1-18-14-34(19(2)13-31(18)3)25(35)17-33-16-24(12-30-33)22-9-27-26(28-10-22)21-7-5-6-20(8-21)23-11-29-32(4)15-23/h5-12,15-16,18-19H,13-14,17H2,1-4H3/t18-,19+/m0/s1. The lowest BCUT2D eigenvalue weighted by atomic mass is 10.1. The van der Waals surface area contributed by atoms with Crippen molar-refractivity contribution in [2.75, 3.05) is 20.1 Å². The minimum Gasteiger partial charge on any atom is -0.336 e. The molecule has 0 N–H and O–H groups in total. The van der Waals surface area contributed by atoms with E-state index in [1.807, 2.05) is 48.7 Å². The molecule has 9 heteroatoms. The van der Waals surface area contributed by atoms with Crippen LogP contribution in [0.3, 0.4) is 0 Å². The van der Waals surface area contributed by atoms with Crippen molar-refractivity contribution in [3.8, 4) is 33.6 Å². The third-order valence-corrected chi connectivity index (χ3v) is 6.69. The van der Waals surface area contributed by atoms with Crippen LogP contribution in [0.4, 0.5) is 0 Å². The van der Waals surface area contributed by atoms with Gasteiger partial charge in [0, 0.05) is 79.3 Å². The van der Waals surface area contributed by atoms with Gasteiger partial charge < -0.3 is 4.90 Å². The molecule has 2 atom stereocenters. The molecule has 0 unspecified atom stereocenters. The lowest BCUT2D eigenvalue weighted by molar-refractivity contribution is -0.137. The topological polar surface area (TPSA) is 85.0 Å². The van der Waals surface area contributed by atoms with Crippen LogP contribution in [0.5, 0.6) is 0 Å². The van der Waals surface area contributed by atoms with Gasteiger partial charge in [-0.25, -0.2) is 9.97 Å². The molecule has 0 saturated carbocycles. The molecule has 180 valence electrons. The molecule has 0 bridgehead atoms. The van der Waals surface area contributed by atoms with E-state index in [0.717, 1.165) is 40.9 Å². The molecule has 1 amide bonds. The average molecular weight is 471 g/mol. The average Bonchev–Trinajstić information content (AvgIpc) is 3.51. The molecule has 1 fully saturated rings. The number of aryl methyl sites for hydroxylation is 1. The summed E-state index contributed by atoms with van der Waals surface area (Å²) in [6.45, 7) is 6.09. The predicted octanol–water partition coefficient (Wildman–Crippen LogP) is 2.96. The third-order valence-electron chi connectivity index (χ3n) is 6.69. The number of carbonyl (C=O) groups is 1. The van der Waals surface area contributed by atoms with E-state index in [4.69, 9.17) is 0 Å². The molecule has 0 radical (unpaired) electrons. The largest absolute Gasteiger partial charge is 0.336 e. The Labute approximate surface area is 205 Å². The second-order valence-corrected chi connectivity index (χ2v) is 9.39. The van der Waals surface area contributed by atoms with Gasteiger partial charge in [-0.1, -0.05) is 18.2 Å². The fraction of sp³-hybridized carbons (Fsp3) is 0.346. The summed E-state index contributed by atoms with van der Waals surface area (Å²) in [5.74, 6) is 0.743. The van der Waals surface area contributed by atoms with Crippen LogP contribution in [-0.2, 0) is 18.4 Å². The number of hydrogen-bond donors (Lipinski definition) is 0. The Morgan fingerprint density at radius 1 is 0.857 bits per heavy atom. The van der Waals surface area contributed by atoms with Crippen molar-refractivity contribution in [2.24, 2.45) is 7.05 Å². The Morgan fingerprint density at radius 2 is 1.57 bits per heavy atom. The first-order chi connectivity index (χ1) is 16.9. The van der Waals surface area contributed by atoms with Crippen LogP contribution in [-0.4, -0.2) is 77.5 Å². The maximum absolute atomic E-state index is 12.9. The molecule has 0 aliphatic carbocycles. The first-order valence-electron chi connectivity index (χ1n) is 11.8. The molecule has 3 aromatic heterocycles. The molecule has 1 aliphatic rings.